The molecule has 74 valence electrons. The molecule has 4 nitrogen and oxygen atoms in total. The summed E-state index contributed by atoms with van der Waals surface area (Å²) in [5, 5.41) is 2.68. The molecule has 1 amide bonds. The Hall–Kier alpha value is -1.26. The van der Waals surface area contributed by atoms with Crippen molar-refractivity contribution in [2.75, 3.05) is 11.9 Å². The normalized spacial score (nSPS) is 16.6. The number of halogens is 1. The van der Waals surface area contributed by atoms with E-state index in [0.29, 0.717) is 11.4 Å². The molecule has 0 radical (unpaired) electrons. The molecule has 1 unspecified atom stereocenters. The number of amides is 1. The van der Waals surface area contributed by atoms with E-state index in [9.17, 15) is 4.79 Å². The Balaban J connectivity index is 2.37. The molecule has 3 N–H and O–H groups in total. The van der Waals surface area contributed by atoms with Crippen LogP contribution in [0.5, 0.6) is 5.75 Å². The molecular formula is C9H9ClN2O2. The highest BCUT2D eigenvalue weighted by Crippen LogP contribution is 2.30. The average molecular weight is 213 g/mol. The van der Waals surface area contributed by atoms with Gasteiger partial charge < -0.3 is 15.8 Å². The summed E-state index contributed by atoms with van der Waals surface area (Å²) in [6.07, 6.45) is 0. The molecule has 14 heavy (non-hydrogen) atoms. The number of anilines is 1. The van der Waals surface area contributed by atoms with E-state index < -0.39 is 5.50 Å². The Bertz CT molecular complexity index is 379. The van der Waals surface area contributed by atoms with E-state index in [1.54, 1.807) is 18.2 Å². The fourth-order valence-corrected chi connectivity index (χ4v) is 1.41. The number of rotatable bonds is 1. The van der Waals surface area contributed by atoms with Gasteiger partial charge in [0.1, 0.15) is 11.3 Å². The SMILES string of the molecule is NC(Cl)c1ccc2c(c1)NC(=O)CO2. The van der Waals surface area contributed by atoms with Gasteiger partial charge in [0.05, 0.1) is 5.69 Å². The van der Waals surface area contributed by atoms with Crippen LogP contribution < -0.4 is 15.8 Å². The fraction of sp³-hybridized carbons (Fsp3) is 0.222. The molecular weight excluding hydrogens is 204 g/mol. The second-order valence-corrected chi connectivity index (χ2v) is 3.46. The summed E-state index contributed by atoms with van der Waals surface area (Å²) in [5.74, 6) is 0.475. The molecule has 5 heteroatoms. The molecule has 0 aromatic heterocycles. The van der Waals surface area contributed by atoms with Crippen LogP contribution in [0, 0.1) is 0 Å². The maximum Gasteiger partial charge on any atom is 0.262 e. The summed E-state index contributed by atoms with van der Waals surface area (Å²) < 4.78 is 5.17. The second kappa shape index (κ2) is 3.48. The number of hydrogen-bond donors (Lipinski definition) is 2. The van der Waals surface area contributed by atoms with Crippen LogP contribution in [0.4, 0.5) is 5.69 Å². The van der Waals surface area contributed by atoms with Crippen molar-refractivity contribution in [1.82, 2.24) is 0 Å². The lowest BCUT2D eigenvalue weighted by molar-refractivity contribution is -0.118. The first-order valence-electron chi connectivity index (χ1n) is 4.13. The van der Waals surface area contributed by atoms with Crippen LogP contribution in [0.1, 0.15) is 11.1 Å². The third-order valence-corrected chi connectivity index (χ3v) is 2.21. The van der Waals surface area contributed by atoms with Crippen LogP contribution in [0.2, 0.25) is 0 Å². The predicted molar refractivity (Wildman–Crippen MR) is 53.3 cm³/mol. The number of fused-ring (bicyclic) bond motifs is 1. The van der Waals surface area contributed by atoms with Gasteiger partial charge in [-0.25, -0.2) is 0 Å². The Morgan fingerprint density at radius 3 is 3.07 bits per heavy atom. The van der Waals surface area contributed by atoms with Crippen LogP contribution >= 0.6 is 11.6 Å². The Morgan fingerprint density at radius 1 is 1.57 bits per heavy atom. The molecule has 1 atom stereocenters. The van der Waals surface area contributed by atoms with Gasteiger partial charge in [-0.1, -0.05) is 6.07 Å². The average Bonchev–Trinajstić information content (AvgIpc) is 2.16. The number of carbonyl (C=O) groups excluding carboxylic acids is 1. The largest absolute Gasteiger partial charge is 0.482 e. The first kappa shape index (κ1) is 9.30. The Kier molecular flexibility index (Phi) is 2.31. The molecule has 0 bridgehead atoms. The molecule has 0 saturated heterocycles. The first-order chi connectivity index (χ1) is 6.66. The molecule has 0 saturated carbocycles. The molecule has 0 fully saturated rings. The predicted octanol–water partition coefficient (Wildman–Crippen LogP) is 1.21. The quantitative estimate of drug-likeness (QED) is 0.543. The van der Waals surface area contributed by atoms with Gasteiger partial charge in [0.25, 0.3) is 5.91 Å². The van der Waals surface area contributed by atoms with Crippen molar-refractivity contribution in [3.05, 3.63) is 23.8 Å². The summed E-state index contributed by atoms with van der Waals surface area (Å²) >= 11 is 5.71. The summed E-state index contributed by atoms with van der Waals surface area (Å²) in [6.45, 7) is 0.0548. The zero-order chi connectivity index (χ0) is 10.1. The summed E-state index contributed by atoms with van der Waals surface area (Å²) in [5.41, 5.74) is 6.29. The fourth-order valence-electron chi connectivity index (χ4n) is 1.27. The molecule has 0 aliphatic carbocycles. The first-order valence-corrected chi connectivity index (χ1v) is 4.57. The topological polar surface area (TPSA) is 64.3 Å². The van der Waals surface area contributed by atoms with E-state index in [-0.39, 0.29) is 12.5 Å². The number of hydrogen-bond acceptors (Lipinski definition) is 3. The van der Waals surface area contributed by atoms with Crippen molar-refractivity contribution in [2.24, 2.45) is 5.73 Å². The van der Waals surface area contributed by atoms with Gasteiger partial charge >= 0.3 is 0 Å². The lowest BCUT2D eigenvalue weighted by atomic mass is 10.1. The van der Waals surface area contributed by atoms with Gasteiger partial charge in [0.15, 0.2) is 6.61 Å². The number of ether oxygens (including phenoxy) is 1. The number of nitrogens with two attached hydrogens (primary N) is 1. The smallest absolute Gasteiger partial charge is 0.262 e. The van der Waals surface area contributed by atoms with E-state index in [1.807, 2.05) is 0 Å². The van der Waals surface area contributed by atoms with Crippen molar-refractivity contribution in [2.45, 2.75) is 5.50 Å². The van der Waals surface area contributed by atoms with Crippen LogP contribution in [0.3, 0.4) is 0 Å². The summed E-state index contributed by atoms with van der Waals surface area (Å²) in [4.78, 5) is 11.0. The molecule has 1 aliphatic rings. The number of carbonyl (C=O) groups is 1. The van der Waals surface area contributed by atoms with E-state index in [4.69, 9.17) is 22.1 Å². The monoisotopic (exact) mass is 212 g/mol. The zero-order valence-electron chi connectivity index (χ0n) is 7.29. The molecule has 1 aromatic carbocycles. The van der Waals surface area contributed by atoms with Crippen LogP contribution in [0.15, 0.2) is 18.2 Å². The highest BCUT2D eigenvalue weighted by Gasteiger charge is 2.16. The minimum absolute atomic E-state index is 0.0548. The number of alkyl halides is 1. The van der Waals surface area contributed by atoms with Crippen molar-refractivity contribution < 1.29 is 9.53 Å². The minimum Gasteiger partial charge on any atom is -0.482 e. The standard InChI is InChI=1S/C9H9ClN2O2/c10-9(11)5-1-2-7-6(3-5)12-8(13)4-14-7/h1-3,9H,4,11H2,(H,12,13). The van der Waals surface area contributed by atoms with Crippen LogP contribution in [-0.4, -0.2) is 12.5 Å². The molecule has 1 aliphatic heterocycles. The molecule has 1 heterocycles. The number of benzene rings is 1. The van der Waals surface area contributed by atoms with Crippen molar-refractivity contribution in [3.8, 4) is 5.75 Å². The molecule has 1 aromatic rings. The Labute approximate surface area is 86.0 Å². The summed E-state index contributed by atoms with van der Waals surface area (Å²) in [6, 6.07) is 5.23. The van der Waals surface area contributed by atoms with Gasteiger partial charge in [0, 0.05) is 0 Å². The lowest BCUT2D eigenvalue weighted by Crippen LogP contribution is -2.25. The van der Waals surface area contributed by atoms with E-state index >= 15 is 0 Å². The van der Waals surface area contributed by atoms with E-state index in [1.165, 1.54) is 0 Å². The van der Waals surface area contributed by atoms with Gasteiger partial charge in [-0.15, -0.1) is 11.6 Å². The van der Waals surface area contributed by atoms with Crippen LogP contribution in [-0.2, 0) is 4.79 Å². The van der Waals surface area contributed by atoms with Crippen molar-refractivity contribution in [3.63, 3.8) is 0 Å². The van der Waals surface area contributed by atoms with Crippen LogP contribution in [0.25, 0.3) is 0 Å². The third kappa shape index (κ3) is 1.66. The molecule has 2 rings (SSSR count). The Morgan fingerprint density at radius 2 is 2.36 bits per heavy atom. The van der Waals surface area contributed by atoms with Gasteiger partial charge in [0.2, 0.25) is 0 Å². The van der Waals surface area contributed by atoms with E-state index in [0.717, 1.165) is 5.56 Å². The van der Waals surface area contributed by atoms with E-state index in [2.05, 4.69) is 5.32 Å². The maximum absolute atomic E-state index is 11.0. The van der Waals surface area contributed by atoms with Crippen molar-refractivity contribution >= 4 is 23.2 Å². The highest BCUT2D eigenvalue weighted by molar-refractivity contribution is 6.20. The van der Waals surface area contributed by atoms with Gasteiger partial charge in [-0.3, -0.25) is 4.79 Å². The maximum atomic E-state index is 11.0. The van der Waals surface area contributed by atoms with Gasteiger partial charge in [-0.05, 0) is 17.7 Å². The molecule has 0 spiro atoms. The summed E-state index contributed by atoms with van der Waals surface area (Å²) in [7, 11) is 0. The minimum atomic E-state index is -0.570. The van der Waals surface area contributed by atoms with Crippen molar-refractivity contribution in [1.29, 1.82) is 0 Å². The highest BCUT2D eigenvalue weighted by atomic mass is 35.5. The van der Waals surface area contributed by atoms with Gasteiger partial charge in [-0.2, -0.15) is 0 Å². The zero-order valence-corrected chi connectivity index (χ0v) is 8.04. The third-order valence-electron chi connectivity index (χ3n) is 1.95. The second-order valence-electron chi connectivity index (χ2n) is 2.99. The lowest BCUT2D eigenvalue weighted by Gasteiger charge is -2.18. The number of nitrogens with one attached hydrogen (secondary N) is 1.